The number of halogens is 1. The number of thioether (sulfide) groups is 1. The third kappa shape index (κ3) is 8.24. The summed E-state index contributed by atoms with van der Waals surface area (Å²) in [7, 11) is 0. The van der Waals surface area contributed by atoms with Gasteiger partial charge in [-0.15, -0.1) is 0 Å². The normalized spacial score (nSPS) is 13.3. The van der Waals surface area contributed by atoms with Crippen molar-refractivity contribution in [3.63, 3.8) is 0 Å². The lowest BCUT2D eigenvalue weighted by molar-refractivity contribution is 0.0772. The Kier molecular flexibility index (Phi) is 10.1. The zero-order chi connectivity index (χ0) is 28.4. The van der Waals surface area contributed by atoms with Gasteiger partial charge in [0.05, 0.1) is 5.52 Å². The number of fused-ring (bicyclic) bond motifs is 1. The molecule has 10 heteroatoms. The van der Waals surface area contributed by atoms with Crippen LogP contribution in [0.1, 0.15) is 41.7 Å². The SMILES string of the molecule is Cc1cc(NCCCCCCNc2ccnc3cc(Cl)ccc23)nc(Nc2ccc(C(=O)N3CCSCC3)cc2)n1. The van der Waals surface area contributed by atoms with Gasteiger partial charge in [-0.3, -0.25) is 9.78 Å². The fourth-order valence-corrected chi connectivity index (χ4v) is 5.88. The molecule has 0 aliphatic carbocycles. The van der Waals surface area contributed by atoms with Crippen LogP contribution in [0.4, 0.5) is 23.1 Å². The number of pyridine rings is 1. The fraction of sp³-hybridized carbons (Fsp3) is 0.355. The highest BCUT2D eigenvalue weighted by molar-refractivity contribution is 7.99. The van der Waals surface area contributed by atoms with Crippen LogP contribution in [0.2, 0.25) is 5.02 Å². The van der Waals surface area contributed by atoms with Crippen LogP contribution in [0.3, 0.4) is 0 Å². The molecule has 4 aromatic rings. The molecular formula is C31H36ClN7OS. The molecule has 0 unspecified atom stereocenters. The van der Waals surface area contributed by atoms with Crippen molar-refractivity contribution in [3.8, 4) is 0 Å². The molecule has 5 rings (SSSR count). The first kappa shape index (κ1) is 29.0. The van der Waals surface area contributed by atoms with Crippen LogP contribution in [-0.4, -0.2) is 63.4 Å². The molecule has 8 nitrogen and oxygen atoms in total. The number of nitrogens with one attached hydrogen (secondary N) is 3. The molecule has 1 aliphatic rings. The molecule has 0 saturated carbocycles. The van der Waals surface area contributed by atoms with E-state index in [0.717, 1.165) is 97.2 Å². The number of hydrogen-bond donors (Lipinski definition) is 3. The van der Waals surface area contributed by atoms with E-state index >= 15 is 0 Å². The Hall–Kier alpha value is -3.56. The van der Waals surface area contributed by atoms with E-state index in [1.807, 2.05) is 84.4 Å². The fourth-order valence-electron chi connectivity index (χ4n) is 4.81. The van der Waals surface area contributed by atoms with Crippen LogP contribution in [0.15, 0.2) is 60.8 Å². The molecule has 1 amide bonds. The van der Waals surface area contributed by atoms with Crippen LogP contribution in [0, 0.1) is 6.92 Å². The van der Waals surface area contributed by atoms with E-state index in [1.54, 1.807) is 0 Å². The third-order valence-corrected chi connectivity index (χ3v) is 8.15. The largest absolute Gasteiger partial charge is 0.384 e. The minimum absolute atomic E-state index is 0.0968. The van der Waals surface area contributed by atoms with Crippen LogP contribution in [-0.2, 0) is 0 Å². The summed E-state index contributed by atoms with van der Waals surface area (Å²) in [5.41, 5.74) is 4.45. The topological polar surface area (TPSA) is 95.1 Å². The number of aryl methyl sites for hydroxylation is 1. The Labute approximate surface area is 250 Å². The Balaban J connectivity index is 1.03. The van der Waals surface area contributed by atoms with Crippen molar-refractivity contribution in [2.24, 2.45) is 0 Å². The second-order valence-corrected chi connectivity index (χ2v) is 11.8. The molecule has 3 heterocycles. The molecule has 0 radical (unpaired) electrons. The lowest BCUT2D eigenvalue weighted by Gasteiger charge is -2.26. The minimum atomic E-state index is 0.0968. The quantitative estimate of drug-likeness (QED) is 0.152. The van der Waals surface area contributed by atoms with Crippen LogP contribution in [0.25, 0.3) is 10.9 Å². The number of carbonyl (C=O) groups excluding carboxylic acids is 1. The van der Waals surface area contributed by atoms with Crippen molar-refractivity contribution >= 4 is 63.3 Å². The summed E-state index contributed by atoms with van der Waals surface area (Å²) in [6.45, 7) is 5.36. The van der Waals surface area contributed by atoms with Gasteiger partial charge in [-0.25, -0.2) is 4.98 Å². The van der Waals surface area contributed by atoms with Gasteiger partial charge in [0, 0.05) is 83.0 Å². The van der Waals surface area contributed by atoms with Gasteiger partial charge in [-0.05, 0) is 68.3 Å². The summed E-state index contributed by atoms with van der Waals surface area (Å²) in [6, 6.07) is 17.3. The molecule has 0 atom stereocenters. The second-order valence-electron chi connectivity index (χ2n) is 10.1. The first-order valence-corrected chi connectivity index (χ1v) is 15.7. The lowest BCUT2D eigenvalue weighted by Crippen LogP contribution is -2.37. The number of anilines is 4. The van der Waals surface area contributed by atoms with E-state index in [4.69, 9.17) is 11.6 Å². The molecular weight excluding hydrogens is 554 g/mol. The number of carbonyl (C=O) groups is 1. The minimum Gasteiger partial charge on any atom is -0.384 e. The molecule has 0 bridgehead atoms. The van der Waals surface area contributed by atoms with E-state index in [1.165, 1.54) is 0 Å². The van der Waals surface area contributed by atoms with Gasteiger partial charge in [-0.1, -0.05) is 24.4 Å². The summed E-state index contributed by atoms with van der Waals surface area (Å²) >= 11 is 7.99. The molecule has 214 valence electrons. The van der Waals surface area contributed by atoms with Crippen LogP contribution in [0.5, 0.6) is 0 Å². The Bertz CT molecular complexity index is 1460. The number of amides is 1. The maximum absolute atomic E-state index is 12.7. The predicted molar refractivity (Wildman–Crippen MR) is 172 cm³/mol. The average Bonchev–Trinajstić information content (AvgIpc) is 2.98. The van der Waals surface area contributed by atoms with Gasteiger partial charge in [0.15, 0.2) is 0 Å². The molecule has 1 aliphatic heterocycles. The van der Waals surface area contributed by atoms with Crippen molar-refractivity contribution in [3.05, 3.63) is 77.1 Å². The summed E-state index contributed by atoms with van der Waals surface area (Å²) in [6.07, 6.45) is 6.26. The summed E-state index contributed by atoms with van der Waals surface area (Å²) in [5, 5.41) is 12.0. The summed E-state index contributed by atoms with van der Waals surface area (Å²) in [5.74, 6) is 3.45. The van der Waals surface area contributed by atoms with Gasteiger partial charge in [0.25, 0.3) is 5.91 Å². The molecule has 1 fully saturated rings. The Morgan fingerprint density at radius 1 is 0.927 bits per heavy atom. The van der Waals surface area contributed by atoms with Crippen LogP contribution < -0.4 is 16.0 Å². The predicted octanol–water partition coefficient (Wildman–Crippen LogP) is 7.00. The number of benzene rings is 2. The highest BCUT2D eigenvalue weighted by atomic mass is 35.5. The van der Waals surface area contributed by atoms with Gasteiger partial charge in [-0.2, -0.15) is 16.7 Å². The van der Waals surface area contributed by atoms with E-state index in [0.29, 0.717) is 16.5 Å². The molecule has 41 heavy (non-hydrogen) atoms. The second kappa shape index (κ2) is 14.4. The lowest BCUT2D eigenvalue weighted by atomic mass is 10.1. The first-order chi connectivity index (χ1) is 20.0. The van der Waals surface area contributed by atoms with Crippen molar-refractivity contribution in [1.29, 1.82) is 0 Å². The number of hydrogen-bond acceptors (Lipinski definition) is 8. The number of unbranched alkanes of at least 4 members (excludes halogenated alkanes) is 3. The number of aromatic nitrogens is 3. The zero-order valence-corrected chi connectivity index (χ0v) is 24.9. The zero-order valence-electron chi connectivity index (χ0n) is 23.3. The Morgan fingerprint density at radius 2 is 1.68 bits per heavy atom. The average molecular weight is 590 g/mol. The van der Waals surface area contributed by atoms with Crippen molar-refractivity contribution < 1.29 is 4.79 Å². The van der Waals surface area contributed by atoms with Crippen molar-refractivity contribution in [2.45, 2.75) is 32.6 Å². The third-order valence-electron chi connectivity index (χ3n) is 6.97. The van der Waals surface area contributed by atoms with Gasteiger partial charge >= 0.3 is 0 Å². The van der Waals surface area contributed by atoms with E-state index < -0.39 is 0 Å². The summed E-state index contributed by atoms with van der Waals surface area (Å²) < 4.78 is 0. The maximum Gasteiger partial charge on any atom is 0.253 e. The maximum atomic E-state index is 12.7. The van der Waals surface area contributed by atoms with Crippen molar-refractivity contribution in [1.82, 2.24) is 19.9 Å². The highest BCUT2D eigenvalue weighted by Crippen LogP contribution is 2.24. The standard InChI is InChI=1S/C31H36ClN7OS/c1-22-20-29(35-14-5-3-2-4-13-33-27-12-15-34-28-21-24(32)8-11-26(27)28)38-31(36-22)37-25-9-6-23(7-10-25)30(40)39-16-18-41-19-17-39/h6-12,15,20-21H,2-5,13-14,16-19H2,1H3,(H,33,34)(H2,35,36,37,38). The molecule has 0 spiro atoms. The van der Waals surface area contributed by atoms with Gasteiger partial charge < -0.3 is 20.9 Å². The molecule has 3 N–H and O–H groups in total. The van der Waals surface area contributed by atoms with Gasteiger partial charge in [0.1, 0.15) is 5.82 Å². The van der Waals surface area contributed by atoms with E-state index in [9.17, 15) is 4.79 Å². The highest BCUT2D eigenvalue weighted by Gasteiger charge is 2.18. The van der Waals surface area contributed by atoms with E-state index in [2.05, 4.69) is 30.9 Å². The van der Waals surface area contributed by atoms with Crippen molar-refractivity contribution in [2.75, 3.05) is 53.6 Å². The molecule has 1 saturated heterocycles. The first-order valence-electron chi connectivity index (χ1n) is 14.2. The van der Waals surface area contributed by atoms with E-state index in [-0.39, 0.29) is 5.91 Å². The number of rotatable bonds is 12. The number of nitrogens with zero attached hydrogens (tertiary/aromatic N) is 4. The smallest absolute Gasteiger partial charge is 0.253 e. The van der Waals surface area contributed by atoms with Gasteiger partial charge in [0.2, 0.25) is 5.95 Å². The summed E-state index contributed by atoms with van der Waals surface area (Å²) in [4.78, 5) is 28.2. The monoisotopic (exact) mass is 589 g/mol. The van der Waals surface area contributed by atoms with Crippen LogP contribution >= 0.6 is 23.4 Å². The Morgan fingerprint density at radius 3 is 2.46 bits per heavy atom. The molecule has 2 aromatic carbocycles. The molecule has 2 aromatic heterocycles.